The summed E-state index contributed by atoms with van der Waals surface area (Å²) < 4.78 is 10.9. The van der Waals surface area contributed by atoms with Crippen LogP contribution >= 0.6 is 11.3 Å². The first-order chi connectivity index (χ1) is 11.6. The molecule has 0 unspecified atom stereocenters. The van der Waals surface area contributed by atoms with Gasteiger partial charge in [0.2, 0.25) is 5.91 Å². The molecule has 1 amide bonds. The zero-order chi connectivity index (χ0) is 17.1. The fourth-order valence-corrected chi connectivity index (χ4v) is 2.86. The highest BCUT2D eigenvalue weighted by atomic mass is 32.1. The lowest BCUT2D eigenvalue weighted by Gasteiger charge is -2.02. The van der Waals surface area contributed by atoms with E-state index in [1.54, 1.807) is 29.6 Å². The molecule has 0 aliphatic heterocycles. The molecule has 0 aliphatic rings. The predicted octanol–water partition coefficient (Wildman–Crippen LogP) is 1.41. The van der Waals surface area contributed by atoms with Crippen LogP contribution in [0, 0.1) is 0 Å². The van der Waals surface area contributed by atoms with E-state index in [9.17, 15) is 14.4 Å². The Bertz CT molecular complexity index is 955. The molecule has 9 heteroatoms. The first kappa shape index (κ1) is 15.9. The van der Waals surface area contributed by atoms with E-state index in [4.69, 9.17) is 4.42 Å². The van der Waals surface area contributed by atoms with Gasteiger partial charge in [-0.3, -0.25) is 14.2 Å². The van der Waals surface area contributed by atoms with Gasteiger partial charge in [-0.1, -0.05) is 12.1 Å². The second-order valence-electron chi connectivity index (χ2n) is 4.87. The third-order valence-electron chi connectivity index (χ3n) is 3.23. The highest BCUT2D eigenvalue weighted by Gasteiger charge is 2.14. The molecule has 2 aromatic heterocycles. The quantitative estimate of drug-likeness (QED) is 0.700. The molecule has 1 aromatic carbocycles. The number of para-hydroxylation sites is 2. The van der Waals surface area contributed by atoms with E-state index in [0.29, 0.717) is 21.9 Å². The Morgan fingerprint density at radius 2 is 2.17 bits per heavy atom. The molecular formula is C15H13N3O5S. The zero-order valence-electron chi connectivity index (χ0n) is 12.6. The fraction of sp³-hybridized carbons (Fsp3) is 0.200. The van der Waals surface area contributed by atoms with Gasteiger partial charge in [0, 0.05) is 5.38 Å². The van der Waals surface area contributed by atoms with Gasteiger partial charge in [-0.05, 0) is 12.1 Å². The number of carbonyl (C=O) groups is 2. The van der Waals surface area contributed by atoms with Gasteiger partial charge in [0.15, 0.2) is 10.7 Å². The second-order valence-corrected chi connectivity index (χ2v) is 5.73. The highest BCUT2D eigenvalue weighted by molar-refractivity contribution is 7.13. The number of nitrogens with one attached hydrogen (secondary N) is 1. The minimum absolute atomic E-state index is 0.0364. The Hall–Kier alpha value is -2.94. The topological polar surface area (TPSA) is 103 Å². The fourth-order valence-electron chi connectivity index (χ4n) is 2.13. The van der Waals surface area contributed by atoms with Crippen LogP contribution < -0.4 is 11.1 Å². The van der Waals surface area contributed by atoms with Gasteiger partial charge >= 0.3 is 11.7 Å². The summed E-state index contributed by atoms with van der Waals surface area (Å²) in [7, 11) is 1.30. The van der Waals surface area contributed by atoms with Crippen LogP contribution in [0.5, 0.6) is 0 Å². The second kappa shape index (κ2) is 6.67. The SMILES string of the molecule is COC(=O)Cc1csc(NC(=O)Cn2c(=O)oc3ccccc32)n1. The molecule has 0 fully saturated rings. The number of hydrogen-bond donors (Lipinski definition) is 1. The number of esters is 1. The molecule has 0 atom stereocenters. The van der Waals surface area contributed by atoms with Crippen molar-refractivity contribution in [1.82, 2.24) is 9.55 Å². The smallest absolute Gasteiger partial charge is 0.420 e. The van der Waals surface area contributed by atoms with Crippen molar-refractivity contribution in [3.8, 4) is 0 Å². The normalized spacial score (nSPS) is 10.7. The lowest BCUT2D eigenvalue weighted by atomic mass is 10.3. The zero-order valence-corrected chi connectivity index (χ0v) is 13.5. The molecule has 0 saturated carbocycles. The molecule has 24 heavy (non-hydrogen) atoms. The number of amides is 1. The molecule has 0 spiro atoms. The van der Waals surface area contributed by atoms with Crippen molar-refractivity contribution in [2.75, 3.05) is 12.4 Å². The average Bonchev–Trinajstić information content (AvgIpc) is 3.12. The molecule has 124 valence electrons. The number of anilines is 1. The lowest BCUT2D eigenvalue weighted by Crippen LogP contribution is -2.24. The Balaban J connectivity index is 1.70. The van der Waals surface area contributed by atoms with Crippen molar-refractivity contribution in [3.63, 3.8) is 0 Å². The van der Waals surface area contributed by atoms with Gasteiger partial charge in [-0.2, -0.15) is 0 Å². The summed E-state index contributed by atoms with van der Waals surface area (Å²) in [6.07, 6.45) is 0.0364. The van der Waals surface area contributed by atoms with Crippen LogP contribution in [-0.2, 0) is 27.3 Å². The highest BCUT2D eigenvalue weighted by Crippen LogP contribution is 2.17. The maximum atomic E-state index is 12.1. The number of hydrogen-bond acceptors (Lipinski definition) is 7. The summed E-state index contributed by atoms with van der Waals surface area (Å²) in [6.45, 7) is -0.193. The van der Waals surface area contributed by atoms with Gasteiger partial charge < -0.3 is 14.5 Å². The maximum Gasteiger partial charge on any atom is 0.420 e. The summed E-state index contributed by atoms with van der Waals surface area (Å²) >= 11 is 1.19. The first-order valence-electron chi connectivity index (χ1n) is 6.96. The van der Waals surface area contributed by atoms with E-state index >= 15 is 0 Å². The largest absolute Gasteiger partial charge is 0.469 e. The molecule has 0 saturated heterocycles. The van der Waals surface area contributed by atoms with Crippen molar-refractivity contribution < 1.29 is 18.7 Å². The summed E-state index contributed by atoms with van der Waals surface area (Å²) in [5.74, 6) is -1.42. The van der Waals surface area contributed by atoms with Crippen LogP contribution in [0.1, 0.15) is 5.69 Å². The third kappa shape index (κ3) is 3.35. The van der Waals surface area contributed by atoms with E-state index in [1.807, 2.05) is 0 Å². The van der Waals surface area contributed by atoms with Crippen LogP contribution in [0.15, 0.2) is 38.9 Å². The molecular weight excluding hydrogens is 334 g/mol. The molecule has 0 bridgehead atoms. The minimum atomic E-state index is -0.600. The standard InChI is InChI=1S/C15H13N3O5S/c1-22-13(20)6-9-8-24-14(16-9)17-12(19)7-18-10-4-2-3-5-11(10)23-15(18)21/h2-5,8H,6-7H2,1H3,(H,16,17,19). The average molecular weight is 347 g/mol. The van der Waals surface area contributed by atoms with E-state index in [2.05, 4.69) is 15.0 Å². The number of fused-ring (bicyclic) bond motifs is 1. The van der Waals surface area contributed by atoms with Crippen molar-refractivity contribution in [1.29, 1.82) is 0 Å². The van der Waals surface area contributed by atoms with Crippen molar-refractivity contribution in [2.24, 2.45) is 0 Å². The number of oxazole rings is 1. The van der Waals surface area contributed by atoms with Crippen LogP contribution in [0.2, 0.25) is 0 Å². The molecule has 8 nitrogen and oxygen atoms in total. The molecule has 3 aromatic rings. The van der Waals surface area contributed by atoms with E-state index < -0.39 is 17.6 Å². The van der Waals surface area contributed by atoms with E-state index in [-0.39, 0.29) is 13.0 Å². The van der Waals surface area contributed by atoms with Crippen LogP contribution in [0.3, 0.4) is 0 Å². The third-order valence-corrected chi connectivity index (χ3v) is 4.03. The Morgan fingerprint density at radius 3 is 2.96 bits per heavy atom. The van der Waals surface area contributed by atoms with Gasteiger partial charge in [-0.25, -0.2) is 9.78 Å². The molecule has 0 aliphatic carbocycles. The maximum absolute atomic E-state index is 12.1. The van der Waals surface area contributed by atoms with Gasteiger partial charge in [0.1, 0.15) is 6.54 Å². The first-order valence-corrected chi connectivity index (χ1v) is 7.84. The van der Waals surface area contributed by atoms with Crippen molar-refractivity contribution >= 4 is 39.4 Å². The van der Waals surface area contributed by atoms with Crippen molar-refractivity contribution in [3.05, 3.63) is 45.9 Å². The number of rotatable bonds is 5. The predicted molar refractivity (Wildman–Crippen MR) is 86.9 cm³/mol. The summed E-state index contributed by atoms with van der Waals surface area (Å²) in [5, 5.41) is 4.60. The number of methoxy groups -OCH3 is 1. The van der Waals surface area contributed by atoms with Crippen LogP contribution in [0.25, 0.3) is 11.1 Å². The minimum Gasteiger partial charge on any atom is -0.469 e. The van der Waals surface area contributed by atoms with Gasteiger partial charge in [-0.15, -0.1) is 11.3 Å². The van der Waals surface area contributed by atoms with E-state index in [0.717, 1.165) is 0 Å². The van der Waals surface area contributed by atoms with Crippen LogP contribution in [-0.4, -0.2) is 28.5 Å². The number of ether oxygens (including phenoxy) is 1. The number of nitrogens with zero attached hydrogens (tertiary/aromatic N) is 2. The summed E-state index contributed by atoms with van der Waals surface area (Å²) in [5.41, 5.74) is 1.47. The van der Waals surface area contributed by atoms with Crippen LogP contribution in [0.4, 0.5) is 5.13 Å². The number of aromatic nitrogens is 2. The number of benzene rings is 1. The lowest BCUT2D eigenvalue weighted by molar-refractivity contribution is -0.139. The van der Waals surface area contributed by atoms with Gasteiger partial charge in [0.05, 0.1) is 24.7 Å². The Kier molecular flexibility index (Phi) is 4.43. The molecule has 1 N–H and O–H groups in total. The Morgan fingerprint density at radius 1 is 1.38 bits per heavy atom. The monoisotopic (exact) mass is 347 g/mol. The molecule has 2 heterocycles. The van der Waals surface area contributed by atoms with Gasteiger partial charge in [0.25, 0.3) is 0 Å². The van der Waals surface area contributed by atoms with E-state index in [1.165, 1.54) is 23.0 Å². The molecule has 0 radical (unpaired) electrons. The van der Waals surface area contributed by atoms with Crippen molar-refractivity contribution in [2.45, 2.75) is 13.0 Å². The number of carbonyl (C=O) groups excluding carboxylic acids is 2. The summed E-state index contributed by atoms with van der Waals surface area (Å²) in [6, 6.07) is 6.86. The Labute approximate surface area is 139 Å². The number of thiazole rings is 1. The molecule has 3 rings (SSSR count). The summed E-state index contributed by atoms with van der Waals surface area (Å²) in [4.78, 5) is 39.3.